The Kier molecular flexibility index (Phi) is 4.91. The third-order valence-electron chi connectivity index (χ3n) is 3.34. The molecule has 21 heavy (non-hydrogen) atoms. The maximum Gasteiger partial charge on any atom is 0.246 e. The highest BCUT2D eigenvalue weighted by Gasteiger charge is 2.15. The van der Waals surface area contributed by atoms with Crippen LogP contribution in [0.5, 0.6) is 0 Å². The van der Waals surface area contributed by atoms with Gasteiger partial charge in [-0.1, -0.05) is 18.2 Å². The molecule has 0 aliphatic rings. The molecule has 0 N–H and O–H groups in total. The predicted octanol–water partition coefficient (Wildman–Crippen LogP) is 3.85. The molecule has 1 atom stereocenters. The van der Waals surface area contributed by atoms with Crippen molar-refractivity contribution in [3.8, 4) is 6.07 Å². The van der Waals surface area contributed by atoms with E-state index in [0.29, 0.717) is 5.56 Å². The molecule has 0 aliphatic heterocycles. The van der Waals surface area contributed by atoms with Crippen molar-refractivity contribution < 1.29 is 4.79 Å². The maximum atomic E-state index is 12.2. The highest BCUT2D eigenvalue weighted by molar-refractivity contribution is 7.10. The second-order valence-corrected chi connectivity index (χ2v) is 5.69. The fourth-order valence-electron chi connectivity index (χ4n) is 1.86. The summed E-state index contributed by atoms with van der Waals surface area (Å²) in [6.07, 6.45) is 3.33. The van der Waals surface area contributed by atoms with E-state index in [-0.39, 0.29) is 11.9 Å². The molecule has 0 aliphatic carbocycles. The molecule has 1 unspecified atom stereocenters. The van der Waals surface area contributed by atoms with Crippen LogP contribution in [0.25, 0.3) is 6.08 Å². The lowest BCUT2D eigenvalue weighted by atomic mass is 10.1. The zero-order chi connectivity index (χ0) is 15.2. The zero-order valence-corrected chi connectivity index (χ0v) is 12.8. The van der Waals surface area contributed by atoms with Crippen molar-refractivity contribution in [3.05, 3.63) is 63.9 Å². The lowest BCUT2D eigenvalue weighted by molar-refractivity contribution is -0.126. The van der Waals surface area contributed by atoms with E-state index in [1.54, 1.807) is 47.6 Å². The molecule has 2 rings (SSSR count). The maximum absolute atomic E-state index is 12.2. The molecule has 1 aromatic carbocycles. The number of thiophene rings is 1. The van der Waals surface area contributed by atoms with Crippen molar-refractivity contribution in [3.63, 3.8) is 0 Å². The Balaban J connectivity index is 2.03. The number of benzene rings is 1. The molecular formula is C17H16N2OS. The summed E-state index contributed by atoms with van der Waals surface area (Å²) in [6, 6.07) is 13.3. The first-order valence-electron chi connectivity index (χ1n) is 6.60. The third kappa shape index (κ3) is 3.80. The standard InChI is InChI=1S/C17H16N2OS/c1-13(16-4-3-11-21-16)19(2)17(20)10-9-14-5-7-15(12-18)8-6-14/h3-11,13H,1-2H3. The predicted molar refractivity (Wildman–Crippen MR) is 85.7 cm³/mol. The van der Waals surface area contributed by atoms with Crippen molar-refractivity contribution in [1.82, 2.24) is 4.90 Å². The van der Waals surface area contributed by atoms with Gasteiger partial charge in [0.1, 0.15) is 0 Å². The first-order chi connectivity index (χ1) is 10.1. The molecule has 0 spiro atoms. The summed E-state index contributed by atoms with van der Waals surface area (Å²) in [4.78, 5) is 15.0. The number of hydrogen-bond donors (Lipinski definition) is 0. The van der Waals surface area contributed by atoms with Crippen LogP contribution in [-0.4, -0.2) is 17.9 Å². The fourth-order valence-corrected chi connectivity index (χ4v) is 2.69. The molecule has 2 aromatic rings. The lowest BCUT2D eigenvalue weighted by Gasteiger charge is -2.22. The third-order valence-corrected chi connectivity index (χ3v) is 4.38. The molecule has 3 nitrogen and oxygen atoms in total. The van der Waals surface area contributed by atoms with Crippen LogP contribution >= 0.6 is 11.3 Å². The van der Waals surface area contributed by atoms with E-state index in [2.05, 4.69) is 6.07 Å². The van der Waals surface area contributed by atoms with Crippen LogP contribution in [0.2, 0.25) is 0 Å². The van der Waals surface area contributed by atoms with Gasteiger partial charge < -0.3 is 4.90 Å². The monoisotopic (exact) mass is 296 g/mol. The molecule has 0 saturated carbocycles. The number of nitriles is 1. The van der Waals surface area contributed by atoms with Gasteiger partial charge in [-0.2, -0.15) is 5.26 Å². The van der Waals surface area contributed by atoms with Gasteiger partial charge in [-0.25, -0.2) is 0 Å². The topological polar surface area (TPSA) is 44.1 Å². The SMILES string of the molecule is CC(c1cccs1)N(C)C(=O)C=Cc1ccc(C#N)cc1. The first-order valence-corrected chi connectivity index (χ1v) is 7.48. The van der Waals surface area contributed by atoms with Crippen LogP contribution in [-0.2, 0) is 4.79 Å². The largest absolute Gasteiger partial charge is 0.335 e. The van der Waals surface area contributed by atoms with Gasteiger partial charge in [0, 0.05) is 18.0 Å². The fraction of sp³-hybridized carbons (Fsp3) is 0.176. The van der Waals surface area contributed by atoms with Crippen molar-refractivity contribution >= 4 is 23.3 Å². The minimum Gasteiger partial charge on any atom is -0.335 e. The van der Waals surface area contributed by atoms with Gasteiger partial charge in [0.2, 0.25) is 5.91 Å². The van der Waals surface area contributed by atoms with Crippen LogP contribution in [0, 0.1) is 11.3 Å². The van der Waals surface area contributed by atoms with Gasteiger partial charge in [-0.3, -0.25) is 4.79 Å². The molecule has 1 heterocycles. The Morgan fingerprint density at radius 3 is 2.62 bits per heavy atom. The Bertz CT molecular complexity index is 666. The Morgan fingerprint density at radius 2 is 2.05 bits per heavy atom. The number of carbonyl (C=O) groups is 1. The Morgan fingerprint density at radius 1 is 1.33 bits per heavy atom. The average Bonchev–Trinajstić information content (AvgIpc) is 3.06. The number of rotatable bonds is 4. The summed E-state index contributed by atoms with van der Waals surface area (Å²) in [5, 5.41) is 10.8. The number of carbonyl (C=O) groups excluding carboxylic acids is 1. The number of amides is 1. The van der Waals surface area contributed by atoms with Crippen LogP contribution in [0.3, 0.4) is 0 Å². The molecule has 4 heteroatoms. The normalized spacial score (nSPS) is 12.0. The van der Waals surface area contributed by atoms with Crippen LogP contribution in [0.4, 0.5) is 0 Å². The molecule has 0 bridgehead atoms. The van der Waals surface area contributed by atoms with Gasteiger partial charge in [0.05, 0.1) is 17.7 Å². The lowest BCUT2D eigenvalue weighted by Crippen LogP contribution is -2.27. The molecule has 0 saturated heterocycles. The molecular weight excluding hydrogens is 280 g/mol. The summed E-state index contributed by atoms with van der Waals surface area (Å²) in [5.41, 5.74) is 1.52. The van der Waals surface area contributed by atoms with Crippen molar-refractivity contribution in [2.45, 2.75) is 13.0 Å². The van der Waals surface area contributed by atoms with E-state index in [1.807, 2.05) is 36.6 Å². The average molecular weight is 296 g/mol. The smallest absolute Gasteiger partial charge is 0.246 e. The second-order valence-electron chi connectivity index (χ2n) is 4.71. The van der Waals surface area contributed by atoms with E-state index < -0.39 is 0 Å². The number of likely N-dealkylation sites (N-methyl/N-ethyl adjacent to an activating group) is 1. The van der Waals surface area contributed by atoms with Gasteiger partial charge in [0.15, 0.2) is 0 Å². The summed E-state index contributed by atoms with van der Waals surface area (Å²) in [5.74, 6) is -0.0414. The number of nitrogens with zero attached hydrogens (tertiary/aromatic N) is 2. The highest BCUT2D eigenvalue weighted by Crippen LogP contribution is 2.23. The molecule has 106 valence electrons. The minimum absolute atomic E-state index is 0.0414. The zero-order valence-electron chi connectivity index (χ0n) is 12.0. The van der Waals surface area contributed by atoms with Crippen molar-refractivity contribution in [2.75, 3.05) is 7.05 Å². The van der Waals surface area contributed by atoms with E-state index >= 15 is 0 Å². The molecule has 1 amide bonds. The molecule has 0 radical (unpaired) electrons. The summed E-state index contributed by atoms with van der Waals surface area (Å²) < 4.78 is 0. The van der Waals surface area contributed by atoms with Gasteiger partial charge in [0.25, 0.3) is 0 Å². The van der Waals surface area contributed by atoms with E-state index in [4.69, 9.17) is 5.26 Å². The van der Waals surface area contributed by atoms with Crippen LogP contribution < -0.4 is 0 Å². The van der Waals surface area contributed by atoms with E-state index in [9.17, 15) is 4.79 Å². The number of hydrogen-bond acceptors (Lipinski definition) is 3. The Labute approximate surface area is 128 Å². The second kappa shape index (κ2) is 6.87. The van der Waals surface area contributed by atoms with E-state index in [1.165, 1.54) is 0 Å². The summed E-state index contributed by atoms with van der Waals surface area (Å²) >= 11 is 1.65. The van der Waals surface area contributed by atoms with Gasteiger partial charge in [-0.15, -0.1) is 11.3 Å². The summed E-state index contributed by atoms with van der Waals surface area (Å²) in [7, 11) is 1.80. The molecule has 1 aromatic heterocycles. The highest BCUT2D eigenvalue weighted by atomic mass is 32.1. The van der Waals surface area contributed by atoms with Crippen LogP contribution in [0.1, 0.15) is 29.0 Å². The van der Waals surface area contributed by atoms with Gasteiger partial charge >= 0.3 is 0 Å². The van der Waals surface area contributed by atoms with Crippen LogP contribution in [0.15, 0.2) is 47.9 Å². The first kappa shape index (κ1) is 15.0. The molecule has 0 fully saturated rings. The Hall–Kier alpha value is -2.38. The van der Waals surface area contributed by atoms with Crippen molar-refractivity contribution in [1.29, 1.82) is 5.26 Å². The minimum atomic E-state index is -0.0414. The van der Waals surface area contributed by atoms with E-state index in [0.717, 1.165) is 10.4 Å². The quantitative estimate of drug-likeness (QED) is 0.804. The van der Waals surface area contributed by atoms with Crippen molar-refractivity contribution in [2.24, 2.45) is 0 Å². The van der Waals surface area contributed by atoms with Gasteiger partial charge in [-0.05, 0) is 42.1 Å². The summed E-state index contributed by atoms with van der Waals surface area (Å²) in [6.45, 7) is 2.01.